The first-order chi connectivity index (χ1) is 12.0. The Morgan fingerprint density at radius 1 is 1.32 bits per heavy atom. The Labute approximate surface area is 146 Å². The fraction of sp³-hybridized carbons (Fsp3) is 0.118. The molecule has 2 aromatic carbocycles. The topological polar surface area (TPSA) is 90.7 Å². The zero-order valence-corrected chi connectivity index (χ0v) is 13.9. The van der Waals surface area contributed by atoms with Crippen LogP contribution in [0.2, 0.25) is 5.02 Å². The highest BCUT2D eigenvalue weighted by molar-refractivity contribution is 6.30. The molecule has 1 aromatic heterocycles. The van der Waals surface area contributed by atoms with Gasteiger partial charge in [0, 0.05) is 5.02 Å². The van der Waals surface area contributed by atoms with Gasteiger partial charge in [-0.25, -0.2) is 19.6 Å². The van der Waals surface area contributed by atoms with Gasteiger partial charge in [0.2, 0.25) is 0 Å². The van der Waals surface area contributed by atoms with E-state index in [-0.39, 0.29) is 28.8 Å². The summed E-state index contributed by atoms with van der Waals surface area (Å²) in [6.45, 7) is -0.133. The Hall–Kier alpha value is -2.74. The predicted octanol–water partition coefficient (Wildman–Crippen LogP) is 2.95. The maximum absolute atomic E-state index is 12.6. The quantitative estimate of drug-likeness (QED) is 0.555. The fourth-order valence-electron chi connectivity index (χ4n) is 2.48. The molecule has 0 saturated carbocycles. The minimum atomic E-state index is -1.12. The van der Waals surface area contributed by atoms with Gasteiger partial charge in [-0.15, -0.1) is 0 Å². The fourth-order valence-corrected chi connectivity index (χ4v) is 2.67. The van der Waals surface area contributed by atoms with Gasteiger partial charge in [0.25, 0.3) is 5.56 Å². The zero-order valence-electron chi connectivity index (χ0n) is 13.1. The maximum Gasteiger partial charge on any atom is 0.336 e. The van der Waals surface area contributed by atoms with Crippen molar-refractivity contribution in [1.29, 1.82) is 0 Å². The van der Waals surface area contributed by atoms with Crippen molar-refractivity contribution in [2.75, 3.05) is 7.11 Å². The van der Waals surface area contributed by atoms with E-state index in [1.807, 2.05) is 0 Å². The van der Waals surface area contributed by atoms with Crippen LogP contribution < -0.4 is 5.56 Å². The molecule has 128 valence electrons. The van der Waals surface area contributed by atoms with Crippen molar-refractivity contribution in [1.82, 2.24) is 9.55 Å². The number of aromatic carboxylic acids is 1. The van der Waals surface area contributed by atoms with E-state index in [4.69, 9.17) is 16.5 Å². The molecule has 0 aliphatic rings. The minimum absolute atomic E-state index is 0.0348. The molecule has 0 spiro atoms. The molecule has 8 heteroatoms. The van der Waals surface area contributed by atoms with Crippen LogP contribution in [0.25, 0.3) is 22.0 Å². The third-order valence-corrected chi connectivity index (χ3v) is 3.87. The van der Waals surface area contributed by atoms with E-state index < -0.39 is 5.97 Å². The van der Waals surface area contributed by atoms with Crippen LogP contribution in [0.15, 0.2) is 47.5 Å². The van der Waals surface area contributed by atoms with Crippen molar-refractivity contribution in [3.63, 3.8) is 0 Å². The van der Waals surface area contributed by atoms with Crippen LogP contribution in [0.5, 0.6) is 0 Å². The molecule has 0 bridgehead atoms. The standard InChI is InChI=1S/C17H13ClN2O5/c1-24-25-9-20-8-19-15-7-13(17(22)23)12(6-14(15)16(20)21)10-3-2-4-11(18)5-10/h2-8H,9H2,1H3,(H,22,23). The largest absolute Gasteiger partial charge is 0.478 e. The van der Waals surface area contributed by atoms with Crippen LogP contribution in [-0.2, 0) is 16.5 Å². The third-order valence-electron chi connectivity index (χ3n) is 3.64. The summed E-state index contributed by atoms with van der Waals surface area (Å²) in [6, 6.07) is 9.63. The predicted molar refractivity (Wildman–Crippen MR) is 91.5 cm³/mol. The molecule has 0 atom stereocenters. The molecule has 1 heterocycles. The summed E-state index contributed by atoms with van der Waals surface area (Å²) in [5, 5.41) is 10.2. The average molecular weight is 361 g/mol. The van der Waals surface area contributed by atoms with Crippen LogP contribution in [0.1, 0.15) is 10.4 Å². The van der Waals surface area contributed by atoms with Crippen molar-refractivity contribution in [3.05, 3.63) is 63.7 Å². The van der Waals surface area contributed by atoms with Crippen molar-refractivity contribution in [3.8, 4) is 11.1 Å². The second kappa shape index (κ2) is 7.02. The second-order valence-electron chi connectivity index (χ2n) is 5.16. The second-order valence-corrected chi connectivity index (χ2v) is 5.60. The zero-order chi connectivity index (χ0) is 18.0. The Balaban J connectivity index is 2.27. The van der Waals surface area contributed by atoms with Gasteiger partial charge in [0.05, 0.1) is 23.6 Å². The van der Waals surface area contributed by atoms with Crippen LogP contribution in [0.3, 0.4) is 0 Å². The number of carboxylic acid groups (broad SMARTS) is 1. The Morgan fingerprint density at radius 2 is 2.12 bits per heavy atom. The Morgan fingerprint density at radius 3 is 2.80 bits per heavy atom. The molecule has 0 aliphatic heterocycles. The molecule has 25 heavy (non-hydrogen) atoms. The lowest BCUT2D eigenvalue weighted by atomic mass is 9.97. The van der Waals surface area contributed by atoms with Crippen molar-refractivity contribution >= 4 is 28.5 Å². The lowest BCUT2D eigenvalue weighted by molar-refractivity contribution is -0.297. The van der Waals surface area contributed by atoms with Gasteiger partial charge in [-0.1, -0.05) is 23.7 Å². The number of aromatic nitrogens is 2. The highest BCUT2D eigenvalue weighted by atomic mass is 35.5. The number of halogens is 1. The molecule has 7 nitrogen and oxygen atoms in total. The molecular formula is C17H13ClN2O5. The highest BCUT2D eigenvalue weighted by Crippen LogP contribution is 2.29. The maximum atomic E-state index is 12.6. The van der Waals surface area contributed by atoms with Crippen molar-refractivity contribution in [2.24, 2.45) is 0 Å². The van der Waals surface area contributed by atoms with Crippen LogP contribution in [0.4, 0.5) is 0 Å². The SMILES string of the molecule is COOCn1cnc2cc(C(=O)O)c(-c3cccc(Cl)c3)cc2c1=O. The summed E-state index contributed by atoms with van der Waals surface area (Å²) in [7, 11) is 1.33. The Kier molecular flexibility index (Phi) is 4.80. The molecule has 1 N–H and O–H groups in total. The molecule has 3 aromatic rings. The molecule has 3 rings (SSSR count). The summed E-state index contributed by atoms with van der Waals surface area (Å²) in [4.78, 5) is 37.6. The molecule has 0 radical (unpaired) electrons. The number of carbonyl (C=O) groups is 1. The van der Waals surface area contributed by atoms with E-state index in [0.29, 0.717) is 16.1 Å². The molecule has 0 fully saturated rings. The number of hydrogen-bond donors (Lipinski definition) is 1. The number of benzene rings is 2. The third kappa shape index (κ3) is 3.39. The van der Waals surface area contributed by atoms with Crippen LogP contribution in [-0.4, -0.2) is 27.7 Å². The summed E-state index contributed by atoms with van der Waals surface area (Å²) in [6.07, 6.45) is 1.27. The van der Waals surface area contributed by atoms with Crippen molar-refractivity contribution < 1.29 is 19.7 Å². The molecular weight excluding hydrogens is 348 g/mol. The molecule has 0 aliphatic carbocycles. The highest BCUT2D eigenvalue weighted by Gasteiger charge is 2.16. The van der Waals surface area contributed by atoms with Crippen LogP contribution in [0, 0.1) is 0 Å². The van der Waals surface area contributed by atoms with E-state index in [0.717, 1.165) is 0 Å². The van der Waals surface area contributed by atoms with E-state index in [1.54, 1.807) is 24.3 Å². The first-order valence-electron chi connectivity index (χ1n) is 7.19. The number of hydrogen-bond acceptors (Lipinski definition) is 5. The number of rotatable bonds is 5. The van der Waals surface area contributed by atoms with Gasteiger partial charge in [0.1, 0.15) is 6.33 Å². The van der Waals surface area contributed by atoms with Gasteiger partial charge in [-0.2, -0.15) is 0 Å². The molecule has 0 saturated heterocycles. The summed E-state index contributed by atoms with van der Waals surface area (Å²) >= 11 is 6.00. The molecule has 0 unspecified atom stereocenters. The monoisotopic (exact) mass is 360 g/mol. The first kappa shape index (κ1) is 17.1. The normalized spacial score (nSPS) is 11.0. The van der Waals surface area contributed by atoms with E-state index in [9.17, 15) is 14.7 Å². The van der Waals surface area contributed by atoms with Gasteiger partial charge in [-0.05, 0) is 35.4 Å². The van der Waals surface area contributed by atoms with Gasteiger partial charge >= 0.3 is 5.97 Å². The van der Waals surface area contributed by atoms with Gasteiger partial charge in [-0.3, -0.25) is 9.36 Å². The molecule has 0 amide bonds. The van der Waals surface area contributed by atoms with E-state index in [2.05, 4.69) is 9.87 Å². The summed E-state index contributed by atoms with van der Waals surface area (Å²) in [5.74, 6) is -1.12. The van der Waals surface area contributed by atoms with E-state index in [1.165, 1.54) is 30.1 Å². The lowest BCUT2D eigenvalue weighted by Crippen LogP contribution is -2.22. The first-order valence-corrected chi connectivity index (χ1v) is 7.57. The minimum Gasteiger partial charge on any atom is -0.478 e. The number of carboxylic acids is 1. The number of nitrogens with zero attached hydrogens (tertiary/aromatic N) is 2. The number of fused-ring (bicyclic) bond motifs is 1. The van der Waals surface area contributed by atoms with Gasteiger partial charge < -0.3 is 5.11 Å². The van der Waals surface area contributed by atoms with Crippen LogP contribution >= 0.6 is 11.6 Å². The summed E-state index contributed by atoms with van der Waals surface area (Å²) in [5.41, 5.74) is 0.915. The van der Waals surface area contributed by atoms with Gasteiger partial charge in [0.15, 0.2) is 6.73 Å². The Bertz CT molecular complexity index is 1020. The van der Waals surface area contributed by atoms with E-state index >= 15 is 0 Å². The average Bonchev–Trinajstić information content (AvgIpc) is 2.60. The lowest BCUT2D eigenvalue weighted by Gasteiger charge is -2.10. The summed E-state index contributed by atoms with van der Waals surface area (Å²) < 4.78 is 1.22. The van der Waals surface area contributed by atoms with Crippen molar-refractivity contribution in [2.45, 2.75) is 6.73 Å². The smallest absolute Gasteiger partial charge is 0.336 e.